The highest BCUT2D eigenvalue weighted by Crippen LogP contribution is 2.37. The van der Waals surface area contributed by atoms with Crippen molar-refractivity contribution in [1.82, 2.24) is 9.55 Å². The Morgan fingerprint density at radius 1 is 0.960 bits per heavy atom. The average molecular weight is 385 g/mol. The Hall–Kier alpha value is -1.39. The van der Waals surface area contributed by atoms with Gasteiger partial charge in [0.05, 0.1) is 29.6 Å². The van der Waals surface area contributed by atoms with E-state index in [1.54, 1.807) is 18.3 Å². The van der Waals surface area contributed by atoms with Crippen LogP contribution in [0.5, 0.6) is 11.5 Å². The van der Waals surface area contributed by atoms with Crippen molar-refractivity contribution in [2.45, 2.75) is 52.0 Å². The van der Waals surface area contributed by atoms with Crippen LogP contribution in [0.2, 0.25) is 10.0 Å². The fourth-order valence-corrected chi connectivity index (χ4v) is 3.01. The first-order valence-corrected chi connectivity index (χ1v) is 9.66. The van der Waals surface area contributed by atoms with E-state index < -0.39 is 0 Å². The predicted octanol–water partition coefficient (Wildman–Crippen LogP) is 6.01. The lowest BCUT2D eigenvalue weighted by atomic mass is 10.2. The van der Waals surface area contributed by atoms with Crippen LogP contribution in [0, 0.1) is 0 Å². The van der Waals surface area contributed by atoms with Gasteiger partial charge in [0.15, 0.2) is 5.75 Å². The molecule has 0 radical (unpaired) electrons. The molecule has 6 heteroatoms. The largest absolute Gasteiger partial charge is 0.493 e. The molecule has 0 aliphatic carbocycles. The van der Waals surface area contributed by atoms with Gasteiger partial charge in [-0.15, -0.1) is 0 Å². The van der Waals surface area contributed by atoms with Gasteiger partial charge in [-0.1, -0.05) is 49.4 Å². The van der Waals surface area contributed by atoms with E-state index in [9.17, 15) is 0 Å². The van der Waals surface area contributed by atoms with Crippen LogP contribution >= 0.6 is 23.2 Å². The molecule has 0 bridgehead atoms. The molecule has 4 nitrogen and oxygen atoms in total. The first-order valence-electron chi connectivity index (χ1n) is 8.91. The molecule has 0 aliphatic heterocycles. The van der Waals surface area contributed by atoms with E-state index in [1.165, 1.54) is 0 Å². The molecule has 0 saturated heterocycles. The lowest BCUT2D eigenvalue weighted by Gasteiger charge is -2.12. The zero-order valence-electron chi connectivity index (χ0n) is 14.7. The fraction of sp³-hybridized carbons (Fsp3) is 0.526. The first-order chi connectivity index (χ1) is 12.2. The number of nitrogens with zero attached hydrogens (tertiary/aromatic N) is 2. The van der Waals surface area contributed by atoms with Crippen LogP contribution in [0.15, 0.2) is 30.9 Å². The second-order valence-corrected chi connectivity index (χ2v) is 6.80. The maximum absolute atomic E-state index is 6.27. The zero-order chi connectivity index (χ0) is 17.9. The molecule has 1 heterocycles. The quantitative estimate of drug-likeness (QED) is 0.420. The molecular weight excluding hydrogens is 359 g/mol. The van der Waals surface area contributed by atoms with Gasteiger partial charge in [0, 0.05) is 31.1 Å². The number of ether oxygens (including phenoxy) is 2. The van der Waals surface area contributed by atoms with Crippen molar-refractivity contribution in [2.75, 3.05) is 13.2 Å². The molecule has 138 valence electrons. The van der Waals surface area contributed by atoms with Gasteiger partial charge < -0.3 is 14.0 Å². The summed E-state index contributed by atoms with van der Waals surface area (Å²) in [6.07, 6.45) is 12.1. The molecule has 0 atom stereocenters. The summed E-state index contributed by atoms with van der Waals surface area (Å²) >= 11 is 12.5. The monoisotopic (exact) mass is 384 g/mol. The highest BCUT2D eigenvalue weighted by Gasteiger charge is 2.10. The molecule has 0 unspecified atom stereocenters. The number of hydrogen-bond acceptors (Lipinski definition) is 3. The summed E-state index contributed by atoms with van der Waals surface area (Å²) in [5, 5.41) is 0.998. The molecule has 2 rings (SSSR count). The number of aromatic nitrogens is 2. The Morgan fingerprint density at radius 2 is 1.68 bits per heavy atom. The Kier molecular flexibility index (Phi) is 8.98. The Balaban J connectivity index is 1.66. The van der Waals surface area contributed by atoms with E-state index in [0.717, 1.165) is 45.1 Å². The molecule has 0 aliphatic rings. The van der Waals surface area contributed by atoms with Gasteiger partial charge in [-0.3, -0.25) is 0 Å². The lowest BCUT2D eigenvalue weighted by molar-refractivity contribution is 0.298. The van der Waals surface area contributed by atoms with Gasteiger partial charge in [-0.05, 0) is 19.3 Å². The van der Waals surface area contributed by atoms with E-state index in [1.807, 2.05) is 12.5 Å². The minimum atomic E-state index is 0.499. The molecule has 2 aromatic rings. The standard InChI is InChI=1S/C19H26Cl2N2O2/c1-2-3-11-24-16-13-17(20)19(18(21)14-16)25-12-7-5-4-6-9-23-10-8-22-15-23/h8,10,13-15H,2-7,9,11-12H2,1H3. The van der Waals surface area contributed by atoms with E-state index in [-0.39, 0.29) is 0 Å². The van der Waals surface area contributed by atoms with Crippen molar-refractivity contribution in [2.24, 2.45) is 0 Å². The van der Waals surface area contributed by atoms with E-state index in [4.69, 9.17) is 32.7 Å². The van der Waals surface area contributed by atoms with Gasteiger partial charge in [-0.2, -0.15) is 0 Å². The molecule has 1 aromatic carbocycles. The second-order valence-electron chi connectivity index (χ2n) is 5.98. The van der Waals surface area contributed by atoms with Crippen LogP contribution in [0.3, 0.4) is 0 Å². The number of aryl methyl sites for hydroxylation is 1. The summed E-state index contributed by atoms with van der Waals surface area (Å²) in [4.78, 5) is 4.04. The highest BCUT2D eigenvalue weighted by molar-refractivity contribution is 6.37. The third kappa shape index (κ3) is 7.17. The molecule has 25 heavy (non-hydrogen) atoms. The molecular formula is C19H26Cl2N2O2. The zero-order valence-corrected chi connectivity index (χ0v) is 16.2. The topological polar surface area (TPSA) is 36.3 Å². The molecule has 0 saturated carbocycles. The highest BCUT2D eigenvalue weighted by atomic mass is 35.5. The second kappa shape index (κ2) is 11.3. The maximum Gasteiger partial charge on any atom is 0.156 e. The summed E-state index contributed by atoms with van der Waals surface area (Å²) in [6, 6.07) is 3.53. The van der Waals surface area contributed by atoms with Crippen molar-refractivity contribution in [1.29, 1.82) is 0 Å². The molecule has 0 spiro atoms. The molecule has 0 fully saturated rings. The van der Waals surface area contributed by atoms with Crippen molar-refractivity contribution >= 4 is 23.2 Å². The third-order valence-corrected chi connectivity index (χ3v) is 4.42. The normalized spacial score (nSPS) is 10.8. The predicted molar refractivity (Wildman–Crippen MR) is 103 cm³/mol. The van der Waals surface area contributed by atoms with Gasteiger partial charge >= 0.3 is 0 Å². The number of imidazole rings is 1. The third-order valence-electron chi connectivity index (χ3n) is 3.85. The fourth-order valence-electron chi connectivity index (χ4n) is 2.44. The number of benzene rings is 1. The lowest BCUT2D eigenvalue weighted by Crippen LogP contribution is -2.01. The SMILES string of the molecule is CCCCOc1cc(Cl)c(OCCCCCCn2ccnc2)c(Cl)c1. The summed E-state index contributed by atoms with van der Waals surface area (Å²) < 4.78 is 13.5. The van der Waals surface area contributed by atoms with Crippen molar-refractivity contribution in [3.05, 3.63) is 40.9 Å². The summed E-state index contributed by atoms with van der Waals surface area (Å²) in [5.74, 6) is 1.24. The van der Waals surface area contributed by atoms with E-state index in [2.05, 4.69) is 16.5 Å². The Morgan fingerprint density at radius 3 is 2.36 bits per heavy atom. The number of rotatable bonds is 12. The van der Waals surface area contributed by atoms with Crippen molar-refractivity contribution < 1.29 is 9.47 Å². The maximum atomic E-state index is 6.27. The van der Waals surface area contributed by atoms with Crippen LogP contribution in [-0.2, 0) is 6.54 Å². The van der Waals surface area contributed by atoms with Crippen LogP contribution in [0.4, 0.5) is 0 Å². The number of hydrogen-bond donors (Lipinski definition) is 0. The smallest absolute Gasteiger partial charge is 0.156 e. The molecule has 0 N–H and O–H groups in total. The summed E-state index contributed by atoms with van der Waals surface area (Å²) in [7, 11) is 0. The number of halogens is 2. The van der Waals surface area contributed by atoms with Crippen LogP contribution in [-0.4, -0.2) is 22.8 Å². The Bertz CT molecular complexity index is 595. The van der Waals surface area contributed by atoms with Crippen LogP contribution in [0.25, 0.3) is 0 Å². The average Bonchev–Trinajstić information content (AvgIpc) is 3.09. The van der Waals surface area contributed by atoms with Crippen molar-refractivity contribution in [3.8, 4) is 11.5 Å². The van der Waals surface area contributed by atoms with Crippen molar-refractivity contribution in [3.63, 3.8) is 0 Å². The minimum Gasteiger partial charge on any atom is -0.493 e. The summed E-state index contributed by atoms with van der Waals surface area (Å²) in [5.41, 5.74) is 0. The minimum absolute atomic E-state index is 0.499. The van der Waals surface area contributed by atoms with Gasteiger partial charge in [-0.25, -0.2) is 4.98 Å². The van der Waals surface area contributed by atoms with Gasteiger partial charge in [0.2, 0.25) is 0 Å². The summed E-state index contributed by atoms with van der Waals surface area (Å²) in [6.45, 7) is 4.42. The van der Waals surface area contributed by atoms with Gasteiger partial charge in [0.25, 0.3) is 0 Å². The number of unbranched alkanes of at least 4 members (excludes halogenated alkanes) is 4. The van der Waals surface area contributed by atoms with E-state index in [0.29, 0.717) is 34.8 Å². The first kappa shape index (κ1) is 19.9. The molecule has 1 aromatic heterocycles. The Labute approximate surface area is 160 Å². The molecule has 0 amide bonds. The van der Waals surface area contributed by atoms with Crippen LogP contribution < -0.4 is 9.47 Å². The van der Waals surface area contributed by atoms with E-state index >= 15 is 0 Å². The van der Waals surface area contributed by atoms with Gasteiger partial charge in [0.1, 0.15) is 5.75 Å². The van der Waals surface area contributed by atoms with Crippen LogP contribution in [0.1, 0.15) is 45.4 Å².